The Morgan fingerprint density at radius 2 is 2.00 bits per heavy atom. The second kappa shape index (κ2) is 10.6. The summed E-state index contributed by atoms with van der Waals surface area (Å²) in [7, 11) is 0. The van der Waals surface area contributed by atoms with Gasteiger partial charge in [0, 0.05) is 55.6 Å². The van der Waals surface area contributed by atoms with Crippen LogP contribution in [0.15, 0.2) is 55.3 Å². The molecule has 1 unspecified atom stereocenters. The Morgan fingerprint density at radius 3 is 2.74 bits per heavy atom. The van der Waals surface area contributed by atoms with Crippen LogP contribution in [0.25, 0.3) is 10.8 Å². The maximum Gasteiger partial charge on any atom is 0.246 e. The summed E-state index contributed by atoms with van der Waals surface area (Å²) in [6.45, 7) is 11.1. The van der Waals surface area contributed by atoms with Crippen LogP contribution < -0.4 is 9.80 Å². The lowest BCUT2D eigenvalue weighted by molar-refractivity contribution is -0.128. The van der Waals surface area contributed by atoms with Gasteiger partial charge in [-0.1, -0.05) is 50.8 Å². The first-order valence-corrected chi connectivity index (χ1v) is 13.2. The Bertz CT molecular complexity index is 1480. The molecule has 3 aromatic rings. The molecule has 0 spiro atoms. The minimum atomic E-state index is -0.223. The summed E-state index contributed by atoms with van der Waals surface area (Å²) >= 11 is 0. The molecule has 2 aliphatic rings. The predicted octanol–water partition coefficient (Wildman–Crippen LogP) is 4.91. The van der Waals surface area contributed by atoms with Gasteiger partial charge in [-0.05, 0) is 41.0 Å². The van der Waals surface area contributed by atoms with Gasteiger partial charge in [0.05, 0.1) is 24.1 Å². The Morgan fingerprint density at radius 1 is 1.16 bits per heavy atom. The van der Waals surface area contributed by atoms with Gasteiger partial charge in [-0.25, -0.2) is 4.98 Å². The Hall–Kier alpha value is -4.36. The zero-order chi connectivity index (χ0) is 26.8. The van der Waals surface area contributed by atoms with Crippen molar-refractivity contribution < 1.29 is 4.79 Å². The SMILES string of the molecule is C=CC(=O)N1CCN(c2ncc(C#N)c3c2CCN(c2cccc4cc(C(C)C)ccc24)C3)CC1CC#N. The molecule has 192 valence electrons. The molecule has 2 aliphatic heterocycles. The van der Waals surface area contributed by atoms with Crippen molar-refractivity contribution in [1.29, 1.82) is 10.5 Å². The summed E-state index contributed by atoms with van der Waals surface area (Å²) < 4.78 is 0. The van der Waals surface area contributed by atoms with Crippen molar-refractivity contribution in [2.75, 3.05) is 36.0 Å². The first-order valence-electron chi connectivity index (χ1n) is 13.2. The van der Waals surface area contributed by atoms with Gasteiger partial charge in [0.15, 0.2) is 0 Å². The molecule has 1 aromatic heterocycles. The molecule has 1 atom stereocenters. The number of rotatable bonds is 5. The van der Waals surface area contributed by atoms with Crippen LogP contribution in [-0.2, 0) is 17.8 Å². The van der Waals surface area contributed by atoms with Crippen LogP contribution in [0.2, 0.25) is 0 Å². The van der Waals surface area contributed by atoms with Gasteiger partial charge in [0.1, 0.15) is 11.9 Å². The number of nitrogens with zero attached hydrogens (tertiary/aromatic N) is 6. The molecule has 0 radical (unpaired) electrons. The number of fused-ring (bicyclic) bond motifs is 2. The predicted molar refractivity (Wildman–Crippen MR) is 150 cm³/mol. The Balaban J connectivity index is 1.47. The number of pyridine rings is 1. The number of amides is 1. The van der Waals surface area contributed by atoms with Crippen molar-refractivity contribution in [3.05, 3.63) is 77.5 Å². The minimum Gasteiger partial charge on any atom is -0.366 e. The first kappa shape index (κ1) is 25.3. The first-order chi connectivity index (χ1) is 18.4. The van der Waals surface area contributed by atoms with E-state index in [1.54, 1.807) is 11.1 Å². The monoisotopic (exact) mass is 504 g/mol. The largest absolute Gasteiger partial charge is 0.366 e. The molecule has 0 aliphatic carbocycles. The van der Waals surface area contributed by atoms with Crippen molar-refractivity contribution in [3.63, 3.8) is 0 Å². The fraction of sp³-hybridized carbons (Fsp3) is 0.355. The highest BCUT2D eigenvalue weighted by Crippen LogP contribution is 2.36. The Kier molecular flexibility index (Phi) is 7.03. The van der Waals surface area contributed by atoms with Crippen molar-refractivity contribution in [2.45, 2.75) is 45.2 Å². The highest BCUT2D eigenvalue weighted by atomic mass is 16.2. The topological polar surface area (TPSA) is 87.3 Å². The number of hydrogen-bond acceptors (Lipinski definition) is 6. The third-order valence-electron chi connectivity index (χ3n) is 7.83. The molecular formula is C31H32N6O. The second-order valence-corrected chi connectivity index (χ2v) is 10.3. The number of carbonyl (C=O) groups is 1. The molecule has 0 N–H and O–H groups in total. The van der Waals surface area contributed by atoms with E-state index in [9.17, 15) is 15.3 Å². The van der Waals surface area contributed by atoms with E-state index in [0.29, 0.717) is 37.7 Å². The van der Waals surface area contributed by atoms with E-state index >= 15 is 0 Å². The molecule has 3 heterocycles. The van der Waals surface area contributed by atoms with Gasteiger partial charge in [-0.15, -0.1) is 0 Å². The third kappa shape index (κ3) is 4.57. The molecule has 0 saturated carbocycles. The summed E-state index contributed by atoms with van der Waals surface area (Å²) in [6, 6.07) is 17.5. The van der Waals surface area contributed by atoms with Gasteiger partial charge in [-0.3, -0.25) is 4.79 Å². The number of anilines is 2. The van der Waals surface area contributed by atoms with E-state index in [2.05, 4.69) is 78.8 Å². The van der Waals surface area contributed by atoms with Gasteiger partial charge in [0.2, 0.25) is 5.91 Å². The number of aromatic nitrogens is 1. The zero-order valence-electron chi connectivity index (χ0n) is 22.0. The molecule has 5 rings (SSSR count). The van der Waals surface area contributed by atoms with Gasteiger partial charge < -0.3 is 14.7 Å². The van der Waals surface area contributed by atoms with Gasteiger partial charge in [0.25, 0.3) is 0 Å². The van der Waals surface area contributed by atoms with E-state index in [1.165, 1.54) is 28.1 Å². The average molecular weight is 505 g/mol. The quantitative estimate of drug-likeness (QED) is 0.459. The fourth-order valence-corrected chi connectivity index (χ4v) is 5.77. The number of nitriles is 2. The van der Waals surface area contributed by atoms with Crippen molar-refractivity contribution in [2.24, 2.45) is 0 Å². The smallest absolute Gasteiger partial charge is 0.246 e. The van der Waals surface area contributed by atoms with E-state index in [0.717, 1.165) is 29.9 Å². The molecule has 1 saturated heterocycles. The van der Waals surface area contributed by atoms with Crippen LogP contribution in [0.1, 0.15) is 48.4 Å². The summed E-state index contributed by atoms with van der Waals surface area (Å²) in [4.78, 5) is 23.3. The average Bonchev–Trinajstić information content (AvgIpc) is 2.95. The molecular weight excluding hydrogens is 472 g/mol. The van der Waals surface area contributed by atoms with Crippen LogP contribution in [0.3, 0.4) is 0 Å². The third-order valence-corrected chi connectivity index (χ3v) is 7.83. The lowest BCUT2D eigenvalue weighted by Crippen LogP contribution is -2.55. The van der Waals surface area contributed by atoms with Crippen LogP contribution in [0.4, 0.5) is 11.5 Å². The van der Waals surface area contributed by atoms with Gasteiger partial charge in [-0.2, -0.15) is 10.5 Å². The number of piperazine rings is 1. The van der Waals surface area contributed by atoms with Crippen LogP contribution in [0, 0.1) is 22.7 Å². The maximum atomic E-state index is 12.3. The highest BCUT2D eigenvalue weighted by molar-refractivity contribution is 5.95. The summed E-state index contributed by atoms with van der Waals surface area (Å²) in [6.07, 6.45) is 4.01. The minimum absolute atomic E-state index is 0.147. The molecule has 1 fully saturated rings. The molecule has 2 aromatic carbocycles. The fourth-order valence-electron chi connectivity index (χ4n) is 5.77. The lowest BCUT2D eigenvalue weighted by atomic mass is 9.94. The molecule has 38 heavy (non-hydrogen) atoms. The highest BCUT2D eigenvalue weighted by Gasteiger charge is 2.33. The number of hydrogen-bond donors (Lipinski definition) is 0. The lowest BCUT2D eigenvalue weighted by Gasteiger charge is -2.42. The van der Waals surface area contributed by atoms with Crippen LogP contribution in [-0.4, -0.2) is 48.0 Å². The van der Waals surface area contributed by atoms with Gasteiger partial charge >= 0.3 is 0 Å². The normalized spacial score (nSPS) is 17.2. The van der Waals surface area contributed by atoms with E-state index in [-0.39, 0.29) is 18.4 Å². The molecule has 7 heteroatoms. The van der Waals surface area contributed by atoms with Crippen molar-refractivity contribution in [1.82, 2.24) is 9.88 Å². The molecule has 0 bridgehead atoms. The standard InChI is InChI=1S/C31H32N6O/c1-4-30(38)37-15-14-36(19-25(37)10-12-32)31-27-11-13-35(20-28(27)24(17-33)18-34-31)29-7-5-6-23-16-22(21(2)3)8-9-26(23)29/h4-9,16,18,21,25H,1,10-11,13-15,19-20H2,2-3H3. The van der Waals surface area contributed by atoms with Crippen LogP contribution in [0.5, 0.6) is 0 Å². The van der Waals surface area contributed by atoms with E-state index in [1.807, 2.05) is 0 Å². The number of benzene rings is 2. The summed E-state index contributed by atoms with van der Waals surface area (Å²) in [5, 5.41) is 21.7. The summed E-state index contributed by atoms with van der Waals surface area (Å²) in [5.41, 5.74) is 5.22. The van der Waals surface area contributed by atoms with Crippen molar-refractivity contribution >= 4 is 28.2 Å². The van der Waals surface area contributed by atoms with E-state index < -0.39 is 0 Å². The zero-order valence-corrected chi connectivity index (χ0v) is 22.0. The molecule has 7 nitrogen and oxygen atoms in total. The second-order valence-electron chi connectivity index (χ2n) is 10.3. The Labute approximate surface area is 224 Å². The number of carbonyl (C=O) groups excluding carboxylic acids is 1. The van der Waals surface area contributed by atoms with Crippen molar-refractivity contribution in [3.8, 4) is 12.1 Å². The maximum absolute atomic E-state index is 12.3. The summed E-state index contributed by atoms with van der Waals surface area (Å²) in [5.74, 6) is 1.19. The van der Waals surface area contributed by atoms with Crippen LogP contribution >= 0.6 is 0 Å². The molecule has 1 amide bonds. The van der Waals surface area contributed by atoms with E-state index in [4.69, 9.17) is 4.98 Å².